The number of likely N-dealkylation sites (N-methyl/N-ethyl adjacent to an activating group) is 1. The van der Waals surface area contributed by atoms with Gasteiger partial charge in [0.25, 0.3) is 0 Å². The smallest absolute Gasteiger partial charge is 0.323 e. The zero-order valence-electron chi connectivity index (χ0n) is 7.77. The number of anilines is 1. The van der Waals surface area contributed by atoms with E-state index in [0.29, 0.717) is 11.3 Å². The molecule has 0 aliphatic carbocycles. The first-order chi connectivity index (χ1) is 6.65. The van der Waals surface area contributed by atoms with Crippen LogP contribution in [0.2, 0.25) is 0 Å². The van der Waals surface area contributed by atoms with Gasteiger partial charge in [-0.3, -0.25) is 4.79 Å². The molecule has 0 aliphatic rings. The van der Waals surface area contributed by atoms with E-state index in [1.54, 1.807) is 31.3 Å². The van der Waals surface area contributed by atoms with Gasteiger partial charge in [-0.15, -0.1) is 0 Å². The van der Waals surface area contributed by atoms with Crippen LogP contribution in [0.3, 0.4) is 0 Å². The molecule has 1 aromatic rings. The minimum absolute atomic E-state index is 0.112. The van der Waals surface area contributed by atoms with Gasteiger partial charge in [0.05, 0.1) is 11.3 Å². The van der Waals surface area contributed by atoms with E-state index < -0.39 is 5.97 Å². The first-order valence-electron chi connectivity index (χ1n) is 4.07. The molecule has 0 fully saturated rings. The Hall–Kier alpha value is -2.02. The normalized spacial score (nSPS) is 9.14. The van der Waals surface area contributed by atoms with Crippen LogP contribution in [0.15, 0.2) is 24.3 Å². The molecule has 0 unspecified atom stereocenters. The van der Waals surface area contributed by atoms with Crippen LogP contribution in [0.1, 0.15) is 5.56 Å². The summed E-state index contributed by atoms with van der Waals surface area (Å²) in [5.41, 5.74) is 1.12. The van der Waals surface area contributed by atoms with Crippen molar-refractivity contribution >= 4 is 11.7 Å². The van der Waals surface area contributed by atoms with Gasteiger partial charge < -0.3 is 10.0 Å². The van der Waals surface area contributed by atoms with E-state index in [4.69, 9.17) is 10.4 Å². The highest BCUT2D eigenvalue weighted by Crippen LogP contribution is 2.17. The molecule has 0 radical (unpaired) electrons. The number of carboxylic acids is 1. The lowest BCUT2D eigenvalue weighted by Gasteiger charge is -2.17. The SMILES string of the molecule is CN(CC(=O)O)c1ccccc1C#N. The summed E-state index contributed by atoms with van der Waals surface area (Å²) in [5.74, 6) is -0.916. The number of carboxylic acid groups (broad SMARTS) is 1. The first-order valence-corrected chi connectivity index (χ1v) is 4.07. The Kier molecular flexibility index (Phi) is 3.08. The van der Waals surface area contributed by atoms with Gasteiger partial charge in [0.15, 0.2) is 0 Å². The highest BCUT2D eigenvalue weighted by atomic mass is 16.4. The molecule has 72 valence electrons. The van der Waals surface area contributed by atoms with Gasteiger partial charge in [-0.2, -0.15) is 5.26 Å². The third-order valence-corrected chi connectivity index (χ3v) is 1.81. The summed E-state index contributed by atoms with van der Waals surface area (Å²) in [6, 6.07) is 8.92. The fraction of sp³-hybridized carbons (Fsp3) is 0.200. The molecule has 0 aromatic heterocycles. The maximum absolute atomic E-state index is 10.5. The molecule has 0 bridgehead atoms. The van der Waals surface area contributed by atoms with Crippen molar-refractivity contribution in [3.63, 3.8) is 0 Å². The summed E-state index contributed by atoms with van der Waals surface area (Å²) < 4.78 is 0. The summed E-state index contributed by atoms with van der Waals surface area (Å²) in [4.78, 5) is 12.0. The topological polar surface area (TPSA) is 64.3 Å². The number of nitriles is 1. The Morgan fingerprint density at radius 2 is 2.21 bits per heavy atom. The van der Waals surface area contributed by atoms with Crippen LogP contribution in [0.25, 0.3) is 0 Å². The van der Waals surface area contributed by atoms with Crippen molar-refractivity contribution in [3.8, 4) is 6.07 Å². The first kappa shape index (κ1) is 10.1. The molecular formula is C10H10N2O2. The summed E-state index contributed by atoms with van der Waals surface area (Å²) >= 11 is 0. The molecule has 14 heavy (non-hydrogen) atoms. The van der Waals surface area contributed by atoms with Crippen LogP contribution in [0.4, 0.5) is 5.69 Å². The minimum atomic E-state index is -0.916. The molecule has 1 rings (SSSR count). The van der Waals surface area contributed by atoms with Crippen molar-refractivity contribution in [1.82, 2.24) is 0 Å². The Labute approximate surface area is 82.0 Å². The number of nitrogens with zero attached hydrogens (tertiary/aromatic N) is 2. The van der Waals surface area contributed by atoms with Crippen LogP contribution in [0, 0.1) is 11.3 Å². The quantitative estimate of drug-likeness (QED) is 0.774. The standard InChI is InChI=1S/C10H10N2O2/c1-12(7-10(13)14)9-5-3-2-4-8(9)6-11/h2-5H,7H2,1H3,(H,13,14). The lowest BCUT2D eigenvalue weighted by Crippen LogP contribution is -2.25. The lowest BCUT2D eigenvalue weighted by atomic mass is 10.2. The lowest BCUT2D eigenvalue weighted by molar-refractivity contribution is -0.135. The van der Waals surface area contributed by atoms with Crippen molar-refractivity contribution in [3.05, 3.63) is 29.8 Å². The zero-order valence-corrected chi connectivity index (χ0v) is 7.77. The van der Waals surface area contributed by atoms with Crippen LogP contribution in [0.5, 0.6) is 0 Å². The summed E-state index contributed by atoms with van der Waals surface area (Å²) in [6.45, 7) is -0.112. The molecule has 4 heteroatoms. The zero-order chi connectivity index (χ0) is 10.6. The Morgan fingerprint density at radius 1 is 1.57 bits per heavy atom. The van der Waals surface area contributed by atoms with E-state index in [1.165, 1.54) is 4.90 Å². The van der Waals surface area contributed by atoms with E-state index in [-0.39, 0.29) is 6.54 Å². The monoisotopic (exact) mass is 190 g/mol. The van der Waals surface area contributed by atoms with Crippen molar-refractivity contribution in [2.75, 3.05) is 18.5 Å². The van der Waals surface area contributed by atoms with Gasteiger partial charge >= 0.3 is 5.97 Å². The molecule has 0 aliphatic heterocycles. The molecule has 1 aromatic carbocycles. The van der Waals surface area contributed by atoms with Gasteiger partial charge in [-0.1, -0.05) is 12.1 Å². The Balaban J connectivity index is 2.95. The molecule has 0 atom stereocenters. The van der Waals surface area contributed by atoms with E-state index in [2.05, 4.69) is 0 Å². The van der Waals surface area contributed by atoms with E-state index in [1.807, 2.05) is 6.07 Å². The second-order valence-electron chi connectivity index (χ2n) is 2.88. The highest BCUT2D eigenvalue weighted by Gasteiger charge is 2.08. The number of carbonyl (C=O) groups is 1. The fourth-order valence-electron chi connectivity index (χ4n) is 1.19. The Morgan fingerprint density at radius 3 is 2.79 bits per heavy atom. The summed E-state index contributed by atoms with van der Waals surface area (Å²) in [7, 11) is 1.64. The van der Waals surface area contributed by atoms with E-state index in [9.17, 15) is 4.79 Å². The van der Waals surface area contributed by atoms with Gasteiger partial charge in [0.2, 0.25) is 0 Å². The van der Waals surface area contributed by atoms with Crippen molar-refractivity contribution in [2.24, 2.45) is 0 Å². The number of benzene rings is 1. The molecule has 1 N–H and O–H groups in total. The number of hydrogen-bond acceptors (Lipinski definition) is 3. The van der Waals surface area contributed by atoms with Crippen LogP contribution in [-0.2, 0) is 4.79 Å². The summed E-state index contributed by atoms with van der Waals surface area (Å²) in [5, 5.41) is 17.4. The molecule has 0 spiro atoms. The third kappa shape index (κ3) is 2.23. The number of aliphatic carboxylic acids is 1. The van der Waals surface area contributed by atoms with Crippen LogP contribution >= 0.6 is 0 Å². The molecule has 0 saturated heterocycles. The molecule has 0 saturated carbocycles. The minimum Gasteiger partial charge on any atom is -0.480 e. The Bertz CT molecular complexity index is 382. The predicted molar refractivity (Wildman–Crippen MR) is 52.1 cm³/mol. The fourth-order valence-corrected chi connectivity index (χ4v) is 1.19. The van der Waals surface area contributed by atoms with Gasteiger partial charge in [-0.05, 0) is 12.1 Å². The second kappa shape index (κ2) is 4.28. The van der Waals surface area contributed by atoms with Crippen LogP contribution in [-0.4, -0.2) is 24.7 Å². The largest absolute Gasteiger partial charge is 0.480 e. The van der Waals surface area contributed by atoms with E-state index >= 15 is 0 Å². The maximum atomic E-state index is 10.5. The van der Waals surface area contributed by atoms with Gasteiger partial charge in [0, 0.05) is 7.05 Å². The van der Waals surface area contributed by atoms with E-state index in [0.717, 1.165) is 0 Å². The number of rotatable bonds is 3. The van der Waals surface area contributed by atoms with Gasteiger partial charge in [-0.25, -0.2) is 0 Å². The average molecular weight is 190 g/mol. The van der Waals surface area contributed by atoms with Crippen molar-refractivity contribution in [1.29, 1.82) is 5.26 Å². The second-order valence-corrected chi connectivity index (χ2v) is 2.88. The van der Waals surface area contributed by atoms with Gasteiger partial charge in [0.1, 0.15) is 12.6 Å². The molecule has 0 heterocycles. The third-order valence-electron chi connectivity index (χ3n) is 1.81. The summed E-state index contributed by atoms with van der Waals surface area (Å²) in [6.07, 6.45) is 0. The molecule has 4 nitrogen and oxygen atoms in total. The maximum Gasteiger partial charge on any atom is 0.323 e. The number of hydrogen-bond donors (Lipinski definition) is 1. The number of para-hydroxylation sites is 1. The van der Waals surface area contributed by atoms with Crippen LogP contribution < -0.4 is 4.90 Å². The molecule has 0 amide bonds. The average Bonchev–Trinajstić information content (AvgIpc) is 2.16. The predicted octanol–water partition coefficient (Wildman–Crippen LogP) is 1.08. The van der Waals surface area contributed by atoms with Crippen molar-refractivity contribution in [2.45, 2.75) is 0 Å². The molecular weight excluding hydrogens is 180 g/mol. The van der Waals surface area contributed by atoms with Crippen molar-refractivity contribution < 1.29 is 9.90 Å². The highest BCUT2D eigenvalue weighted by molar-refractivity contribution is 5.74.